The maximum atomic E-state index is 12.4. The highest BCUT2D eigenvalue weighted by Crippen LogP contribution is 2.22. The fraction of sp³-hybridized carbons (Fsp3) is 0.263. The van der Waals surface area contributed by atoms with Gasteiger partial charge in [0.2, 0.25) is 0 Å². The van der Waals surface area contributed by atoms with Crippen molar-refractivity contribution in [3.63, 3.8) is 0 Å². The molecule has 1 aliphatic rings. The number of nitrogens with zero attached hydrogens (tertiary/aromatic N) is 2. The number of amides is 2. The average Bonchev–Trinajstić information content (AvgIpc) is 2.82. The zero-order chi connectivity index (χ0) is 17.1. The lowest BCUT2D eigenvalue weighted by Gasteiger charge is -2.23. The van der Waals surface area contributed by atoms with E-state index in [0.717, 1.165) is 11.3 Å². The number of benzene rings is 2. The van der Waals surface area contributed by atoms with Gasteiger partial charge in [-0.15, -0.1) is 0 Å². The number of carbonyl (C=O) groups is 2. The van der Waals surface area contributed by atoms with Crippen molar-refractivity contribution in [2.75, 3.05) is 20.3 Å². The quantitative estimate of drug-likeness (QED) is 0.767. The molecule has 0 saturated carbocycles. The molecule has 0 saturated heterocycles. The first-order valence-electron chi connectivity index (χ1n) is 7.95. The largest absolute Gasteiger partial charge is 0.494 e. The van der Waals surface area contributed by atoms with Crippen molar-refractivity contribution < 1.29 is 14.3 Å². The highest BCUT2D eigenvalue weighted by atomic mass is 16.5. The number of ether oxygens (including phenoxy) is 1. The van der Waals surface area contributed by atoms with E-state index in [1.165, 1.54) is 4.90 Å². The summed E-state index contributed by atoms with van der Waals surface area (Å²) in [6, 6.07) is 14.8. The van der Waals surface area contributed by atoms with Crippen LogP contribution in [0.4, 0.5) is 0 Å². The first-order valence-corrected chi connectivity index (χ1v) is 7.95. The minimum atomic E-state index is -0.228. The molecule has 1 aliphatic heterocycles. The number of rotatable bonds is 6. The van der Waals surface area contributed by atoms with E-state index >= 15 is 0 Å². The lowest BCUT2D eigenvalue weighted by Crippen LogP contribution is -2.39. The summed E-state index contributed by atoms with van der Waals surface area (Å²) in [5, 5.41) is 0. The summed E-state index contributed by atoms with van der Waals surface area (Å²) in [6.07, 6.45) is 0. The van der Waals surface area contributed by atoms with Gasteiger partial charge in [0.15, 0.2) is 0 Å². The van der Waals surface area contributed by atoms with E-state index in [4.69, 9.17) is 4.74 Å². The first kappa shape index (κ1) is 16.2. The highest BCUT2D eigenvalue weighted by Gasteiger charge is 2.35. The van der Waals surface area contributed by atoms with Crippen LogP contribution in [0.1, 0.15) is 33.2 Å². The zero-order valence-corrected chi connectivity index (χ0v) is 13.9. The monoisotopic (exact) mass is 324 g/mol. The van der Waals surface area contributed by atoms with Gasteiger partial charge in [-0.3, -0.25) is 19.4 Å². The molecule has 2 aromatic rings. The van der Waals surface area contributed by atoms with Crippen LogP contribution in [0.15, 0.2) is 48.5 Å². The number of hydrogen-bond donors (Lipinski definition) is 0. The van der Waals surface area contributed by atoms with Crippen LogP contribution in [-0.2, 0) is 6.54 Å². The van der Waals surface area contributed by atoms with Crippen LogP contribution in [-0.4, -0.2) is 41.9 Å². The molecule has 0 N–H and O–H groups in total. The van der Waals surface area contributed by atoms with E-state index in [-0.39, 0.29) is 18.5 Å². The number of carbonyl (C=O) groups excluding carboxylic acids is 2. The van der Waals surface area contributed by atoms with Crippen LogP contribution >= 0.6 is 0 Å². The molecular formula is C19H20N2O3. The summed E-state index contributed by atoms with van der Waals surface area (Å²) in [5.41, 5.74) is 2.06. The van der Waals surface area contributed by atoms with Gasteiger partial charge in [0.25, 0.3) is 11.8 Å². The molecule has 0 unspecified atom stereocenters. The molecule has 2 aromatic carbocycles. The van der Waals surface area contributed by atoms with Gasteiger partial charge in [0.1, 0.15) is 5.75 Å². The molecule has 0 fully saturated rings. The molecule has 0 spiro atoms. The lowest BCUT2D eigenvalue weighted by atomic mass is 10.1. The molecule has 0 radical (unpaired) electrons. The van der Waals surface area contributed by atoms with Crippen molar-refractivity contribution >= 4 is 11.8 Å². The Bertz CT molecular complexity index is 720. The molecule has 5 heteroatoms. The Hall–Kier alpha value is -2.66. The molecule has 3 rings (SSSR count). The average molecular weight is 324 g/mol. The standard InChI is InChI=1S/C19H20N2O3/c1-3-24-15-10-8-14(9-11-15)12-20(2)13-21-18(22)16-6-4-5-7-17(16)19(21)23/h4-11H,3,12-13H2,1-2H3. The van der Waals surface area contributed by atoms with Crippen LogP contribution < -0.4 is 4.74 Å². The van der Waals surface area contributed by atoms with E-state index in [2.05, 4.69) is 0 Å². The van der Waals surface area contributed by atoms with Crippen molar-refractivity contribution in [3.8, 4) is 5.75 Å². The summed E-state index contributed by atoms with van der Waals surface area (Å²) in [7, 11) is 1.89. The van der Waals surface area contributed by atoms with Gasteiger partial charge in [-0.25, -0.2) is 0 Å². The predicted molar refractivity (Wildman–Crippen MR) is 90.9 cm³/mol. The summed E-state index contributed by atoms with van der Waals surface area (Å²) in [4.78, 5) is 28.0. The molecule has 0 aliphatic carbocycles. The molecule has 0 bridgehead atoms. The molecule has 0 atom stereocenters. The van der Waals surface area contributed by atoms with E-state index < -0.39 is 0 Å². The van der Waals surface area contributed by atoms with Crippen LogP contribution in [0.5, 0.6) is 5.75 Å². The normalized spacial score (nSPS) is 13.5. The van der Waals surface area contributed by atoms with Gasteiger partial charge in [-0.1, -0.05) is 24.3 Å². The van der Waals surface area contributed by atoms with Gasteiger partial charge in [0.05, 0.1) is 24.4 Å². The van der Waals surface area contributed by atoms with E-state index in [1.807, 2.05) is 43.1 Å². The van der Waals surface area contributed by atoms with Gasteiger partial charge in [-0.05, 0) is 43.8 Å². The maximum Gasteiger partial charge on any atom is 0.262 e. The Labute approximate surface area is 141 Å². The molecule has 124 valence electrons. The fourth-order valence-corrected chi connectivity index (χ4v) is 2.83. The van der Waals surface area contributed by atoms with Crippen LogP contribution in [0, 0.1) is 0 Å². The van der Waals surface area contributed by atoms with Gasteiger partial charge < -0.3 is 4.74 Å². The Morgan fingerprint density at radius 1 is 0.958 bits per heavy atom. The third kappa shape index (κ3) is 3.16. The first-order chi connectivity index (χ1) is 11.6. The smallest absolute Gasteiger partial charge is 0.262 e. The van der Waals surface area contributed by atoms with Crippen molar-refractivity contribution in [1.29, 1.82) is 0 Å². The Balaban J connectivity index is 1.64. The number of imide groups is 1. The summed E-state index contributed by atoms with van der Waals surface area (Å²) < 4.78 is 5.43. The van der Waals surface area contributed by atoms with Gasteiger partial charge >= 0.3 is 0 Å². The molecule has 24 heavy (non-hydrogen) atoms. The SMILES string of the molecule is CCOc1ccc(CN(C)CN2C(=O)c3ccccc3C2=O)cc1. The molecule has 2 amide bonds. The predicted octanol–water partition coefficient (Wildman–Crippen LogP) is 2.77. The molecular weight excluding hydrogens is 304 g/mol. The summed E-state index contributed by atoms with van der Waals surface area (Å²) in [6.45, 7) is 3.49. The lowest BCUT2D eigenvalue weighted by molar-refractivity contribution is 0.0559. The Morgan fingerprint density at radius 2 is 1.54 bits per heavy atom. The molecule has 5 nitrogen and oxygen atoms in total. The minimum Gasteiger partial charge on any atom is -0.494 e. The highest BCUT2D eigenvalue weighted by molar-refractivity contribution is 6.21. The van der Waals surface area contributed by atoms with Gasteiger partial charge in [0, 0.05) is 6.54 Å². The zero-order valence-electron chi connectivity index (χ0n) is 13.9. The van der Waals surface area contributed by atoms with Crippen LogP contribution in [0.25, 0.3) is 0 Å². The molecule has 0 aromatic heterocycles. The third-order valence-corrected chi connectivity index (χ3v) is 3.95. The second-order valence-corrected chi connectivity index (χ2v) is 5.82. The van der Waals surface area contributed by atoms with Gasteiger partial charge in [-0.2, -0.15) is 0 Å². The number of fused-ring (bicyclic) bond motifs is 1. The Morgan fingerprint density at radius 3 is 2.08 bits per heavy atom. The van der Waals surface area contributed by atoms with E-state index in [1.54, 1.807) is 24.3 Å². The van der Waals surface area contributed by atoms with Crippen molar-refractivity contribution in [2.45, 2.75) is 13.5 Å². The Kier molecular flexibility index (Phi) is 4.62. The second-order valence-electron chi connectivity index (χ2n) is 5.82. The van der Waals surface area contributed by atoms with Crippen molar-refractivity contribution in [2.24, 2.45) is 0 Å². The third-order valence-electron chi connectivity index (χ3n) is 3.95. The van der Waals surface area contributed by atoms with Crippen molar-refractivity contribution in [3.05, 3.63) is 65.2 Å². The maximum absolute atomic E-state index is 12.4. The van der Waals surface area contributed by atoms with E-state index in [9.17, 15) is 9.59 Å². The summed E-state index contributed by atoms with van der Waals surface area (Å²) in [5.74, 6) is 0.382. The van der Waals surface area contributed by atoms with Crippen molar-refractivity contribution in [1.82, 2.24) is 9.80 Å². The van der Waals surface area contributed by atoms with Crippen LogP contribution in [0.3, 0.4) is 0 Å². The van der Waals surface area contributed by atoms with Crippen LogP contribution in [0.2, 0.25) is 0 Å². The second kappa shape index (κ2) is 6.84. The summed E-state index contributed by atoms with van der Waals surface area (Å²) >= 11 is 0. The molecule has 1 heterocycles. The minimum absolute atomic E-state index is 0.228. The fourth-order valence-electron chi connectivity index (χ4n) is 2.83. The topological polar surface area (TPSA) is 49.9 Å². The number of hydrogen-bond acceptors (Lipinski definition) is 4. The van der Waals surface area contributed by atoms with E-state index in [0.29, 0.717) is 24.3 Å².